The van der Waals surface area contributed by atoms with Crippen molar-refractivity contribution in [2.45, 2.75) is 32.2 Å². The lowest BCUT2D eigenvalue weighted by Gasteiger charge is -2.36. The Morgan fingerprint density at radius 1 is 1.03 bits per heavy atom. The van der Waals surface area contributed by atoms with Crippen LogP contribution in [0, 0.1) is 18.8 Å². The molecule has 0 unspecified atom stereocenters. The van der Waals surface area contributed by atoms with E-state index in [1.54, 1.807) is 0 Å². The summed E-state index contributed by atoms with van der Waals surface area (Å²) in [4.78, 5) is 6.91. The van der Waals surface area contributed by atoms with Crippen LogP contribution in [-0.4, -0.2) is 41.7 Å². The van der Waals surface area contributed by atoms with Crippen molar-refractivity contribution in [3.05, 3.63) is 82.6 Å². The zero-order valence-electron chi connectivity index (χ0n) is 19.3. The second-order valence-corrected chi connectivity index (χ2v) is 9.45. The first-order valence-corrected chi connectivity index (χ1v) is 11.7. The van der Waals surface area contributed by atoms with E-state index in [0.29, 0.717) is 6.61 Å². The molecule has 0 radical (unpaired) electrons. The third-order valence-electron chi connectivity index (χ3n) is 6.11. The second-order valence-electron chi connectivity index (χ2n) is 9.01. The summed E-state index contributed by atoms with van der Waals surface area (Å²) in [6.07, 6.45) is 3.92. The smallest absolute Gasteiger partial charge is 0.122 e. The van der Waals surface area contributed by atoms with Gasteiger partial charge < -0.3 is 10.5 Å². The molecule has 0 atom stereocenters. The molecule has 2 N–H and O–H groups in total. The molecule has 5 heteroatoms. The number of hydrogen-bond donors (Lipinski definition) is 1. The zero-order chi connectivity index (χ0) is 23.3. The summed E-state index contributed by atoms with van der Waals surface area (Å²) in [5, 5.41) is 0.725. The largest absolute Gasteiger partial charge is 0.492 e. The molecule has 33 heavy (non-hydrogen) atoms. The number of pyridine rings is 1. The van der Waals surface area contributed by atoms with Gasteiger partial charge in [0.25, 0.3) is 0 Å². The van der Waals surface area contributed by atoms with Gasteiger partial charge in [-0.05, 0) is 80.1 Å². The Morgan fingerprint density at radius 3 is 2.42 bits per heavy atom. The van der Waals surface area contributed by atoms with Gasteiger partial charge in [0, 0.05) is 47.5 Å². The highest BCUT2D eigenvalue weighted by molar-refractivity contribution is 6.30. The van der Waals surface area contributed by atoms with Crippen molar-refractivity contribution in [3.8, 4) is 28.7 Å². The Hall–Kier alpha value is -2.84. The first-order chi connectivity index (χ1) is 15.9. The number of ether oxygens (including phenoxy) is 1. The summed E-state index contributed by atoms with van der Waals surface area (Å²) in [7, 11) is 0. The maximum absolute atomic E-state index is 6.21. The molecule has 170 valence electrons. The van der Waals surface area contributed by atoms with Gasteiger partial charge in [0.1, 0.15) is 18.1 Å². The van der Waals surface area contributed by atoms with E-state index in [-0.39, 0.29) is 5.54 Å². The average Bonchev–Trinajstić information content (AvgIpc) is 2.81. The fourth-order valence-electron chi connectivity index (χ4n) is 3.88. The van der Waals surface area contributed by atoms with Crippen LogP contribution in [-0.2, 0) is 0 Å². The highest BCUT2D eigenvalue weighted by Crippen LogP contribution is 2.22. The van der Waals surface area contributed by atoms with Gasteiger partial charge >= 0.3 is 0 Å². The molecule has 1 saturated heterocycles. The number of piperidine rings is 1. The van der Waals surface area contributed by atoms with Crippen LogP contribution in [0.25, 0.3) is 11.1 Å². The van der Waals surface area contributed by atoms with Crippen molar-refractivity contribution in [2.24, 2.45) is 5.73 Å². The SMILES string of the molecule is Cc1cc(C#Cc2ccc(-c3ccc(Cl)cc3)cn2)ccc1OCCN1CCC(C)(N)CC1. The van der Waals surface area contributed by atoms with E-state index < -0.39 is 0 Å². The first kappa shape index (κ1) is 23.3. The van der Waals surface area contributed by atoms with Crippen molar-refractivity contribution >= 4 is 11.6 Å². The predicted molar refractivity (Wildman–Crippen MR) is 136 cm³/mol. The number of nitrogens with two attached hydrogens (primary N) is 1. The Morgan fingerprint density at radius 2 is 1.76 bits per heavy atom. The fourth-order valence-corrected chi connectivity index (χ4v) is 4.00. The van der Waals surface area contributed by atoms with Crippen LogP contribution in [0.3, 0.4) is 0 Å². The zero-order valence-corrected chi connectivity index (χ0v) is 20.0. The molecule has 2 aromatic carbocycles. The van der Waals surface area contributed by atoms with E-state index in [1.165, 1.54) is 0 Å². The maximum atomic E-state index is 6.21. The molecule has 0 saturated carbocycles. The van der Waals surface area contributed by atoms with Crippen LogP contribution in [0.1, 0.15) is 36.6 Å². The standard InChI is InChI=1S/C28H30ClN3O/c1-21-19-22(4-12-27(21)33-18-17-32-15-13-28(2,30)14-16-32)3-10-26-11-7-24(20-31-26)23-5-8-25(29)9-6-23/h4-9,11-12,19-20H,13-18,30H2,1-2H3. The van der Waals surface area contributed by atoms with Gasteiger partial charge in [-0.1, -0.05) is 35.7 Å². The van der Waals surface area contributed by atoms with Gasteiger partial charge in [-0.2, -0.15) is 0 Å². The Kier molecular flexibility index (Phi) is 7.35. The lowest BCUT2D eigenvalue weighted by atomic mass is 9.91. The number of likely N-dealkylation sites (tertiary alicyclic amines) is 1. The molecule has 0 amide bonds. The molecule has 0 spiro atoms. The van der Waals surface area contributed by atoms with Crippen molar-refractivity contribution in [3.63, 3.8) is 0 Å². The third kappa shape index (κ3) is 6.58. The maximum Gasteiger partial charge on any atom is 0.122 e. The van der Waals surface area contributed by atoms with E-state index in [1.807, 2.05) is 54.7 Å². The van der Waals surface area contributed by atoms with Gasteiger partial charge in [0.2, 0.25) is 0 Å². The summed E-state index contributed by atoms with van der Waals surface area (Å²) >= 11 is 5.96. The van der Waals surface area contributed by atoms with Crippen LogP contribution < -0.4 is 10.5 Å². The van der Waals surface area contributed by atoms with Crippen molar-refractivity contribution in [2.75, 3.05) is 26.2 Å². The molecule has 1 aromatic heterocycles. The van der Waals surface area contributed by atoms with E-state index in [0.717, 1.165) is 71.2 Å². The molecule has 3 aromatic rings. The van der Waals surface area contributed by atoms with E-state index in [4.69, 9.17) is 22.1 Å². The highest BCUT2D eigenvalue weighted by Gasteiger charge is 2.25. The molecule has 4 rings (SSSR count). The molecular formula is C28H30ClN3O. The normalized spacial score (nSPS) is 15.5. The Labute approximate surface area is 201 Å². The molecule has 1 aliphatic rings. The van der Waals surface area contributed by atoms with Crippen molar-refractivity contribution < 1.29 is 4.74 Å². The summed E-state index contributed by atoms with van der Waals surface area (Å²) in [6.45, 7) is 7.88. The van der Waals surface area contributed by atoms with Crippen LogP contribution in [0.15, 0.2) is 60.8 Å². The predicted octanol–water partition coefficient (Wildman–Crippen LogP) is 5.30. The number of rotatable bonds is 5. The molecule has 1 aliphatic heterocycles. The number of hydrogen-bond acceptors (Lipinski definition) is 4. The minimum atomic E-state index is -0.0148. The van der Waals surface area contributed by atoms with E-state index >= 15 is 0 Å². The van der Waals surface area contributed by atoms with Gasteiger partial charge in [-0.3, -0.25) is 4.90 Å². The Balaban J connectivity index is 1.32. The van der Waals surface area contributed by atoms with Crippen LogP contribution in [0.5, 0.6) is 5.75 Å². The van der Waals surface area contributed by atoms with E-state index in [9.17, 15) is 0 Å². The minimum absolute atomic E-state index is 0.0148. The second kappa shape index (κ2) is 10.4. The summed E-state index contributed by atoms with van der Waals surface area (Å²) in [6, 6.07) is 17.8. The summed E-state index contributed by atoms with van der Waals surface area (Å²) < 4.78 is 6.03. The van der Waals surface area contributed by atoms with Gasteiger partial charge in [0.05, 0.1) is 0 Å². The van der Waals surface area contributed by atoms with Crippen molar-refractivity contribution in [1.29, 1.82) is 0 Å². The lowest BCUT2D eigenvalue weighted by Crippen LogP contribution is -2.48. The molecule has 1 fully saturated rings. The van der Waals surface area contributed by atoms with Crippen LogP contribution in [0.4, 0.5) is 0 Å². The lowest BCUT2D eigenvalue weighted by molar-refractivity contribution is 0.146. The first-order valence-electron chi connectivity index (χ1n) is 11.4. The van der Waals surface area contributed by atoms with Crippen molar-refractivity contribution in [1.82, 2.24) is 9.88 Å². The molecule has 0 aliphatic carbocycles. The Bertz CT molecular complexity index is 1130. The fraction of sp³-hybridized carbons (Fsp3) is 0.321. The third-order valence-corrected chi connectivity index (χ3v) is 6.37. The molecular weight excluding hydrogens is 430 g/mol. The van der Waals surface area contributed by atoms with Crippen LogP contribution >= 0.6 is 11.6 Å². The van der Waals surface area contributed by atoms with Crippen LogP contribution in [0.2, 0.25) is 5.02 Å². The summed E-state index contributed by atoms with van der Waals surface area (Å²) in [5.41, 5.74) is 11.1. The number of benzene rings is 2. The number of nitrogens with zero attached hydrogens (tertiary/aromatic N) is 2. The monoisotopic (exact) mass is 459 g/mol. The van der Waals surface area contributed by atoms with Gasteiger partial charge in [-0.25, -0.2) is 4.98 Å². The highest BCUT2D eigenvalue weighted by atomic mass is 35.5. The number of aryl methyl sites for hydroxylation is 1. The quantitative estimate of drug-likeness (QED) is 0.526. The topological polar surface area (TPSA) is 51.4 Å². The summed E-state index contributed by atoms with van der Waals surface area (Å²) in [5.74, 6) is 7.26. The van der Waals surface area contributed by atoms with E-state index in [2.05, 4.69) is 41.6 Å². The average molecular weight is 460 g/mol. The van der Waals surface area contributed by atoms with Gasteiger partial charge in [0.15, 0.2) is 0 Å². The number of aromatic nitrogens is 1. The number of halogens is 1. The van der Waals surface area contributed by atoms with Gasteiger partial charge in [-0.15, -0.1) is 0 Å². The molecule has 2 heterocycles. The molecule has 4 nitrogen and oxygen atoms in total. The minimum Gasteiger partial charge on any atom is -0.492 e. The molecule has 0 bridgehead atoms.